The fourth-order valence-corrected chi connectivity index (χ4v) is 4.27. The monoisotopic (exact) mass is 476 g/mol. The molecule has 2 atom stereocenters. The molecule has 0 unspecified atom stereocenters. The normalized spacial score (nSPS) is 13.0. The lowest BCUT2D eigenvalue weighted by Gasteiger charge is -2.20. The van der Waals surface area contributed by atoms with Crippen LogP contribution in [0, 0.1) is 6.92 Å². The topological polar surface area (TPSA) is 122 Å². The summed E-state index contributed by atoms with van der Waals surface area (Å²) in [6.07, 6.45) is 2.54. The first-order valence-electron chi connectivity index (χ1n) is 11.6. The van der Waals surface area contributed by atoms with Crippen molar-refractivity contribution >= 4 is 33.7 Å². The van der Waals surface area contributed by atoms with Crippen LogP contribution in [0.3, 0.4) is 0 Å². The van der Waals surface area contributed by atoms with E-state index in [2.05, 4.69) is 10.3 Å². The number of carbonyl (C=O) groups excluding carboxylic acids is 1. The summed E-state index contributed by atoms with van der Waals surface area (Å²) in [5, 5.41) is 14.0. The van der Waals surface area contributed by atoms with E-state index < -0.39 is 29.6 Å². The Bertz CT molecular complexity index is 1450. The molecule has 2 heterocycles. The molecule has 8 heteroatoms. The number of carbonyl (C=O) groups is 2. The molecular weight excluding hydrogens is 448 g/mol. The number of nitrogens with one attached hydrogen (secondary N) is 2. The van der Waals surface area contributed by atoms with Crippen molar-refractivity contribution < 1.29 is 23.8 Å². The van der Waals surface area contributed by atoms with Gasteiger partial charge in [0.05, 0.1) is 0 Å². The van der Waals surface area contributed by atoms with Gasteiger partial charge in [-0.3, -0.25) is 4.79 Å². The number of hydrogen-bond acceptors (Lipinski definition) is 5. The molecule has 4 rings (SSSR count). The predicted molar refractivity (Wildman–Crippen MR) is 133 cm³/mol. The van der Waals surface area contributed by atoms with Gasteiger partial charge in [0.1, 0.15) is 17.4 Å². The number of para-hydroxylation sites is 1. The Morgan fingerprint density at radius 2 is 1.91 bits per heavy atom. The Balaban J connectivity index is 1.51. The number of aromatic nitrogens is 1. The lowest BCUT2D eigenvalue weighted by molar-refractivity contribution is -0.142. The molecule has 0 saturated carbocycles. The molecule has 4 aromatic rings. The summed E-state index contributed by atoms with van der Waals surface area (Å²) >= 11 is 0. The van der Waals surface area contributed by atoms with Crippen LogP contribution < -0.4 is 15.7 Å². The van der Waals surface area contributed by atoms with Gasteiger partial charge in [0.2, 0.25) is 0 Å². The number of carboxylic acids is 1. The van der Waals surface area contributed by atoms with Crippen molar-refractivity contribution in [3.8, 4) is 5.75 Å². The number of ether oxygens (including phenoxy) is 1. The Labute approximate surface area is 201 Å². The van der Waals surface area contributed by atoms with Crippen molar-refractivity contribution in [3.05, 3.63) is 75.8 Å². The summed E-state index contributed by atoms with van der Waals surface area (Å²) in [6, 6.07) is 11.5. The van der Waals surface area contributed by atoms with Gasteiger partial charge in [-0.15, -0.1) is 0 Å². The highest BCUT2D eigenvalue weighted by molar-refractivity contribution is 5.89. The van der Waals surface area contributed by atoms with Gasteiger partial charge in [-0.1, -0.05) is 31.5 Å². The van der Waals surface area contributed by atoms with E-state index in [-0.39, 0.29) is 6.42 Å². The Morgan fingerprint density at radius 1 is 1.14 bits per heavy atom. The third-order valence-corrected chi connectivity index (χ3v) is 6.10. The number of aromatic amines is 1. The van der Waals surface area contributed by atoms with Gasteiger partial charge in [-0.2, -0.15) is 0 Å². The van der Waals surface area contributed by atoms with Crippen molar-refractivity contribution in [2.24, 2.45) is 0 Å². The highest BCUT2D eigenvalue weighted by Gasteiger charge is 2.26. The predicted octanol–water partition coefficient (Wildman–Crippen LogP) is 4.11. The molecule has 0 spiro atoms. The average Bonchev–Trinajstić information content (AvgIpc) is 3.23. The summed E-state index contributed by atoms with van der Waals surface area (Å²) in [4.78, 5) is 39.9. The number of fused-ring (bicyclic) bond motifs is 2. The van der Waals surface area contributed by atoms with E-state index in [1.165, 1.54) is 6.07 Å². The van der Waals surface area contributed by atoms with E-state index in [9.17, 15) is 19.5 Å². The number of benzene rings is 2. The average molecular weight is 477 g/mol. The second-order valence-corrected chi connectivity index (χ2v) is 8.63. The van der Waals surface area contributed by atoms with Crippen molar-refractivity contribution in [1.82, 2.24) is 10.3 Å². The van der Waals surface area contributed by atoms with Gasteiger partial charge < -0.3 is 24.6 Å². The minimum absolute atomic E-state index is 0.123. The maximum absolute atomic E-state index is 12.8. The second kappa shape index (κ2) is 10.0. The highest BCUT2D eigenvalue weighted by atomic mass is 16.5. The molecule has 1 amide bonds. The fraction of sp³-hybridized carbons (Fsp3) is 0.296. The van der Waals surface area contributed by atoms with Gasteiger partial charge in [0, 0.05) is 40.5 Å². The molecule has 0 radical (unpaired) electrons. The fourth-order valence-electron chi connectivity index (χ4n) is 4.27. The van der Waals surface area contributed by atoms with Crippen molar-refractivity contribution in [3.63, 3.8) is 0 Å². The standard InChI is InChI=1S/C27H28N2O6/c1-4-7-17-13-24(30)35-25-15(2)23(11-10-20(17)25)34-16(3)26(31)29-22(27(32)33)12-18-14-28-21-9-6-5-8-19(18)21/h5-6,8-11,13-14,16,22,28H,4,7,12H2,1-3H3,(H,29,31)(H,32,33)/t16-,22-/m0/s1. The maximum Gasteiger partial charge on any atom is 0.336 e. The summed E-state index contributed by atoms with van der Waals surface area (Å²) in [7, 11) is 0. The maximum atomic E-state index is 12.8. The quantitative estimate of drug-likeness (QED) is 0.313. The number of aliphatic carboxylic acids is 1. The lowest BCUT2D eigenvalue weighted by Crippen LogP contribution is -2.47. The van der Waals surface area contributed by atoms with Crippen LogP contribution in [0.4, 0.5) is 0 Å². The summed E-state index contributed by atoms with van der Waals surface area (Å²) in [6.45, 7) is 5.35. The third kappa shape index (κ3) is 5.06. The van der Waals surface area contributed by atoms with Crippen molar-refractivity contribution in [2.75, 3.05) is 0 Å². The van der Waals surface area contributed by atoms with Crippen LogP contribution in [-0.2, 0) is 22.4 Å². The second-order valence-electron chi connectivity index (χ2n) is 8.63. The largest absolute Gasteiger partial charge is 0.480 e. The molecule has 0 bridgehead atoms. The zero-order chi connectivity index (χ0) is 25.1. The third-order valence-electron chi connectivity index (χ3n) is 6.10. The lowest BCUT2D eigenvalue weighted by atomic mass is 10.0. The molecule has 35 heavy (non-hydrogen) atoms. The smallest absolute Gasteiger partial charge is 0.336 e. The van der Waals surface area contributed by atoms with Gasteiger partial charge in [0.25, 0.3) is 5.91 Å². The zero-order valence-corrected chi connectivity index (χ0v) is 19.9. The Morgan fingerprint density at radius 3 is 2.66 bits per heavy atom. The molecule has 0 aliphatic carbocycles. The zero-order valence-electron chi connectivity index (χ0n) is 19.9. The number of H-pyrrole nitrogens is 1. The van der Waals surface area contributed by atoms with Gasteiger partial charge in [-0.25, -0.2) is 9.59 Å². The molecule has 0 fully saturated rings. The highest BCUT2D eigenvalue weighted by Crippen LogP contribution is 2.29. The van der Waals surface area contributed by atoms with E-state index in [1.54, 1.807) is 26.1 Å². The van der Waals surface area contributed by atoms with E-state index in [0.29, 0.717) is 16.9 Å². The molecule has 3 N–H and O–H groups in total. The van der Waals surface area contributed by atoms with E-state index in [4.69, 9.17) is 9.15 Å². The van der Waals surface area contributed by atoms with Crippen LogP contribution in [0.1, 0.15) is 37.0 Å². The van der Waals surface area contributed by atoms with Crippen LogP contribution in [0.5, 0.6) is 5.75 Å². The first-order valence-corrected chi connectivity index (χ1v) is 11.6. The van der Waals surface area contributed by atoms with Crippen molar-refractivity contribution in [1.29, 1.82) is 0 Å². The molecule has 2 aromatic heterocycles. The van der Waals surface area contributed by atoms with Crippen LogP contribution in [0.25, 0.3) is 21.9 Å². The van der Waals surface area contributed by atoms with E-state index in [1.807, 2.05) is 37.3 Å². The minimum atomic E-state index is -1.14. The van der Waals surface area contributed by atoms with E-state index >= 15 is 0 Å². The molecular formula is C27H28N2O6. The summed E-state index contributed by atoms with van der Waals surface area (Å²) < 4.78 is 11.3. The number of carboxylic acid groups (broad SMARTS) is 1. The molecule has 0 saturated heterocycles. The summed E-state index contributed by atoms with van der Waals surface area (Å²) in [5.41, 5.74) is 3.19. The van der Waals surface area contributed by atoms with Gasteiger partial charge in [-0.05, 0) is 49.6 Å². The number of aryl methyl sites for hydroxylation is 2. The van der Waals surface area contributed by atoms with Crippen LogP contribution in [-0.4, -0.2) is 34.1 Å². The minimum Gasteiger partial charge on any atom is -0.480 e. The number of rotatable bonds is 9. The van der Waals surface area contributed by atoms with Gasteiger partial charge >= 0.3 is 11.6 Å². The van der Waals surface area contributed by atoms with Crippen molar-refractivity contribution in [2.45, 2.75) is 52.2 Å². The van der Waals surface area contributed by atoms with Crippen LogP contribution in [0.15, 0.2) is 57.9 Å². The van der Waals surface area contributed by atoms with Crippen LogP contribution >= 0.6 is 0 Å². The first kappa shape index (κ1) is 24.1. The molecule has 0 aliphatic heterocycles. The Kier molecular flexibility index (Phi) is 6.91. The molecule has 8 nitrogen and oxygen atoms in total. The Hall–Kier alpha value is -4.07. The molecule has 2 aromatic carbocycles. The summed E-state index contributed by atoms with van der Waals surface area (Å²) in [5.74, 6) is -1.30. The first-order chi connectivity index (χ1) is 16.8. The van der Waals surface area contributed by atoms with Gasteiger partial charge in [0.15, 0.2) is 6.10 Å². The van der Waals surface area contributed by atoms with E-state index in [0.717, 1.165) is 40.3 Å². The number of amides is 1. The number of hydrogen-bond donors (Lipinski definition) is 3. The molecule has 0 aliphatic rings. The van der Waals surface area contributed by atoms with Crippen LogP contribution in [0.2, 0.25) is 0 Å². The SMILES string of the molecule is CCCc1cc(=O)oc2c(C)c(O[C@@H](C)C(=O)N[C@@H](Cc3c[nH]c4ccccc34)C(=O)O)ccc12. The molecule has 182 valence electrons.